The topological polar surface area (TPSA) is 46.3 Å². The number of nitrogens with two attached hydrogens (primary N) is 1. The lowest BCUT2D eigenvalue weighted by atomic mass is 9.95. The minimum atomic E-state index is -0.391. The number of carbonyl (C=O) groups is 1. The molecule has 1 heterocycles. The van der Waals surface area contributed by atoms with Crippen molar-refractivity contribution in [2.75, 3.05) is 11.4 Å². The summed E-state index contributed by atoms with van der Waals surface area (Å²) in [5, 5.41) is 0. The van der Waals surface area contributed by atoms with Gasteiger partial charge in [-0.3, -0.25) is 4.79 Å². The number of hydrogen-bond acceptors (Lipinski definition) is 2. The van der Waals surface area contributed by atoms with Gasteiger partial charge in [0.15, 0.2) is 0 Å². The molecule has 1 aromatic carbocycles. The molecule has 0 radical (unpaired) electrons. The molecule has 3 heteroatoms. The smallest absolute Gasteiger partial charge is 0.244 e. The maximum absolute atomic E-state index is 12.5. The Morgan fingerprint density at radius 2 is 2.21 bits per heavy atom. The molecule has 1 aliphatic rings. The van der Waals surface area contributed by atoms with Crippen LogP contribution in [0.5, 0.6) is 0 Å². The van der Waals surface area contributed by atoms with E-state index in [9.17, 15) is 4.79 Å². The molecule has 0 fully saturated rings. The summed E-state index contributed by atoms with van der Waals surface area (Å²) in [6.07, 6.45) is 3.01. The summed E-state index contributed by atoms with van der Waals surface area (Å²) in [4.78, 5) is 14.4. The van der Waals surface area contributed by atoms with Crippen LogP contribution in [0, 0.1) is 12.8 Å². The molecule has 1 aliphatic heterocycles. The molecule has 0 saturated carbocycles. The number of benzene rings is 1. The van der Waals surface area contributed by atoms with Crippen LogP contribution in [-0.2, 0) is 11.2 Å². The van der Waals surface area contributed by atoms with Crippen molar-refractivity contribution < 1.29 is 4.79 Å². The van der Waals surface area contributed by atoms with E-state index in [0.717, 1.165) is 31.5 Å². The average molecular weight is 260 g/mol. The zero-order chi connectivity index (χ0) is 14.0. The van der Waals surface area contributed by atoms with Crippen molar-refractivity contribution >= 4 is 11.6 Å². The molecule has 0 unspecified atom stereocenters. The predicted octanol–water partition coefficient (Wildman–Crippen LogP) is 2.65. The van der Waals surface area contributed by atoms with Crippen molar-refractivity contribution in [1.82, 2.24) is 0 Å². The maximum atomic E-state index is 12.5. The first-order valence-corrected chi connectivity index (χ1v) is 7.21. The van der Waals surface area contributed by atoms with Gasteiger partial charge in [-0.25, -0.2) is 0 Å². The summed E-state index contributed by atoms with van der Waals surface area (Å²) in [6, 6.07) is 5.92. The minimum Gasteiger partial charge on any atom is -0.320 e. The van der Waals surface area contributed by atoms with Crippen LogP contribution in [0.2, 0.25) is 0 Å². The van der Waals surface area contributed by atoms with Gasteiger partial charge in [0.1, 0.15) is 0 Å². The van der Waals surface area contributed by atoms with Crippen molar-refractivity contribution in [3.63, 3.8) is 0 Å². The molecule has 2 N–H and O–H groups in total. The largest absolute Gasteiger partial charge is 0.320 e. The van der Waals surface area contributed by atoms with E-state index < -0.39 is 6.04 Å². The van der Waals surface area contributed by atoms with E-state index in [1.165, 1.54) is 11.1 Å². The number of carbonyl (C=O) groups excluding carboxylic acids is 1. The van der Waals surface area contributed by atoms with E-state index in [4.69, 9.17) is 5.73 Å². The van der Waals surface area contributed by atoms with E-state index in [0.29, 0.717) is 0 Å². The molecule has 0 saturated heterocycles. The van der Waals surface area contributed by atoms with Crippen LogP contribution >= 0.6 is 0 Å². The van der Waals surface area contributed by atoms with Crippen LogP contribution in [0.4, 0.5) is 5.69 Å². The molecule has 0 aliphatic carbocycles. The zero-order valence-electron chi connectivity index (χ0n) is 12.1. The SMILES string of the molecule is CC[C@H](C)[C@H](N)C(=O)N1CCCc2cc(C)ccc21. The molecule has 0 bridgehead atoms. The predicted molar refractivity (Wildman–Crippen MR) is 79.3 cm³/mol. The van der Waals surface area contributed by atoms with Gasteiger partial charge >= 0.3 is 0 Å². The third-order valence-corrected chi connectivity index (χ3v) is 4.16. The van der Waals surface area contributed by atoms with Crippen LogP contribution < -0.4 is 10.6 Å². The Bertz CT molecular complexity index is 470. The van der Waals surface area contributed by atoms with E-state index in [2.05, 4.69) is 32.0 Å². The lowest BCUT2D eigenvalue weighted by Gasteiger charge is -2.33. The van der Waals surface area contributed by atoms with E-state index in [1.807, 2.05) is 11.8 Å². The second kappa shape index (κ2) is 5.74. The molecule has 3 nitrogen and oxygen atoms in total. The Hall–Kier alpha value is -1.35. The lowest BCUT2D eigenvalue weighted by molar-refractivity contribution is -0.120. The van der Waals surface area contributed by atoms with Gasteiger partial charge in [-0.1, -0.05) is 38.0 Å². The summed E-state index contributed by atoms with van der Waals surface area (Å²) in [6.45, 7) is 7.00. The lowest BCUT2D eigenvalue weighted by Crippen LogP contribution is -2.48. The first-order valence-electron chi connectivity index (χ1n) is 7.21. The molecular weight excluding hydrogens is 236 g/mol. The quantitative estimate of drug-likeness (QED) is 0.908. The van der Waals surface area contributed by atoms with Crippen LogP contribution in [0.3, 0.4) is 0 Å². The van der Waals surface area contributed by atoms with E-state index >= 15 is 0 Å². The third-order valence-electron chi connectivity index (χ3n) is 4.16. The minimum absolute atomic E-state index is 0.0687. The van der Waals surface area contributed by atoms with Gasteiger partial charge in [-0.15, -0.1) is 0 Å². The summed E-state index contributed by atoms with van der Waals surface area (Å²) >= 11 is 0. The normalized spacial score (nSPS) is 17.8. The highest BCUT2D eigenvalue weighted by Crippen LogP contribution is 2.29. The maximum Gasteiger partial charge on any atom is 0.244 e. The highest BCUT2D eigenvalue weighted by molar-refractivity contribution is 5.98. The second-order valence-corrected chi connectivity index (χ2v) is 5.64. The number of aryl methyl sites for hydroxylation is 2. The van der Waals surface area contributed by atoms with E-state index in [1.54, 1.807) is 0 Å². The summed E-state index contributed by atoms with van der Waals surface area (Å²) in [7, 11) is 0. The Labute approximate surface area is 115 Å². The van der Waals surface area contributed by atoms with Gasteiger partial charge in [-0.05, 0) is 37.3 Å². The van der Waals surface area contributed by atoms with Crippen molar-refractivity contribution in [1.29, 1.82) is 0 Å². The van der Waals surface area contributed by atoms with Crippen LogP contribution in [0.15, 0.2) is 18.2 Å². The first-order chi connectivity index (χ1) is 9.04. The molecule has 19 heavy (non-hydrogen) atoms. The Morgan fingerprint density at radius 1 is 1.47 bits per heavy atom. The summed E-state index contributed by atoms with van der Waals surface area (Å²) in [5.41, 5.74) is 9.68. The number of nitrogens with zero attached hydrogens (tertiary/aromatic N) is 1. The van der Waals surface area contributed by atoms with Gasteiger partial charge < -0.3 is 10.6 Å². The van der Waals surface area contributed by atoms with Crippen molar-refractivity contribution in [3.8, 4) is 0 Å². The molecule has 1 aromatic rings. The van der Waals surface area contributed by atoms with Gasteiger partial charge in [0.2, 0.25) is 5.91 Å². The first kappa shape index (κ1) is 14.1. The number of anilines is 1. The van der Waals surface area contributed by atoms with Gasteiger partial charge in [0, 0.05) is 12.2 Å². The monoisotopic (exact) mass is 260 g/mol. The fraction of sp³-hybridized carbons (Fsp3) is 0.562. The van der Waals surface area contributed by atoms with E-state index in [-0.39, 0.29) is 11.8 Å². The summed E-state index contributed by atoms with van der Waals surface area (Å²) < 4.78 is 0. The highest BCUT2D eigenvalue weighted by Gasteiger charge is 2.28. The molecule has 104 valence electrons. The number of amides is 1. The molecule has 0 spiro atoms. The molecular formula is C16H24N2O. The molecule has 2 rings (SSSR count). The number of hydrogen-bond donors (Lipinski definition) is 1. The fourth-order valence-electron chi connectivity index (χ4n) is 2.63. The van der Waals surface area contributed by atoms with Crippen LogP contribution in [0.1, 0.15) is 37.8 Å². The van der Waals surface area contributed by atoms with Gasteiger partial charge in [-0.2, -0.15) is 0 Å². The zero-order valence-corrected chi connectivity index (χ0v) is 12.1. The molecule has 0 aromatic heterocycles. The Morgan fingerprint density at radius 3 is 2.89 bits per heavy atom. The number of fused-ring (bicyclic) bond motifs is 1. The third kappa shape index (κ3) is 2.81. The van der Waals surface area contributed by atoms with Crippen molar-refractivity contribution in [3.05, 3.63) is 29.3 Å². The molecule has 2 atom stereocenters. The van der Waals surface area contributed by atoms with Crippen molar-refractivity contribution in [2.24, 2.45) is 11.7 Å². The second-order valence-electron chi connectivity index (χ2n) is 5.64. The average Bonchev–Trinajstić information content (AvgIpc) is 2.43. The fourth-order valence-corrected chi connectivity index (χ4v) is 2.63. The van der Waals surface area contributed by atoms with Gasteiger partial charge in [0.25, 0.3) is 0 Å². The van der Waals surface area contributed by atoms with Gasteiger partial charge in [0.05, 0.1) is 6.04 Å². The standard InChI is InChI=1S/C16H24N2O/c1-4-12(3)15(17)16(19)18-9-5-6-13-10-11(2)7-8-14(13)18/h7-8,10,12,15H,4-6,9,17H2,1-3H3/t12-,15-/m0/s1. The van der Waals surface area contributed by atoms with Crippen LogP contribution in [-0.4, -0.2) is 18.5 Å². The highest BCUT2D eigenvalue weighted by atomic mass is 16.2. The van der Waals surface area contributed by atoms with Crippen LogP contribution in [0.25, 0.3) is 0 Å². The van der Waals surface area contributed by atoms with Crippen molar-refractivity contribution in [2.45, 2.75) is 46.1 Å². The Kier molecular flexibility index (Phi) is 4.25. The Balaban J connectivity index is 2.26. The molecule has 1 amide bonds. The summed E-state index contributed by atoms with van der Waals surface area (Å²) in [5.74, 6) is 0.294. The number of rotatable bonds is 3.